The van der Waals surface area contributed by atoms with Gasteiger partial charge >= 0.3 is 0 Å². The summed E-state index contributed by atoms with van der Waals surface area (Å²) < 4.78 is 0. The summed E-state index contributed by atoms with van der Waals surface area (Å²) in [6, 6.07) is 19.6. The lowest BCUT2D eigenvalue weighted by Gasteiger charge is -2.29. The summed E-state index contributed by atoms with van der Waals surface area (Å²) in [5.41, 5.74) is 1.01. The molecule has 0 heterocycles. The lowest BCUT2D eigenvalue weighted by atomic mass is 10.0. The zero-order valence-electron chi connectivity index (χ0n) is 16.2. The molecule has 1 aliphatic carbocycles. The number of hydrogen-bond donors (Lipinski definition) is 0. The zero-order valence-corrected chi connectivity index (χ0v) is 16.2. The van der Waals surface area contributed by atoms with Crippen LogP contribution >= 0.6 is 0 Å². The van der Waals surface area contributed by atoms with Crippen LogP contribution < -0.4 is 4.90 Å². The van der Waals surface area contributed by atoms with E-state index in [9.17, 15) is 9.59 Å². The van der Waals surface area contributed by atoms with Crippen LogP contribution in [-0.2, 0) is 16.1 Å². The Hall–Kier alpha value is -2.62. The number of nitrogens with zero attached hydrogens (tertiary/aromatic N) is 2. The molecule has 3 rings (SSSR count). The van der Waals surface area contributed by atoms with Crippen LogP contribution in [0.2, 0.25) is 0 Å². The number of amides is 2. The molecular formula is C23H28N2O2. The maximum absolute atomic E-state index is 13.5. The van der Waals surface area contributed by atoms with Crippen molar-refractivity contribution in [3.63, 3.8) is 0 Å². The highest BCUT2D eigenvalue weighted by atomic mass is 16.2. The van der Waals surface area contributed by atoms with E-state index in [2.05, 4.69) is 6.92 Å². The molecule has 4 heteroatoms. The molecular weight excluding hydrogens is 336 g/mol. The Labute approximate surface area is 161 Å². The molecule has 0 atom stereocenters. The van der Waals surface area contributed by atoms with Gasteiger partial charge in [-0.15, -0.1) is 0 Å². The van der Waals surface area contributed by atoms with Gasteiger partial charge < -0.3 is 9.80 Å². The molecule has 0 bridgehead atoms. The molecule has 1 aliphatic rings. The molecule has 2 amide bonds. The number of hydrogen-bond acceptors (Lipinski definition) is 2. The van der Waals surface area contributed by atoms with Crippen LogP contribution in [0.3, 0.4) is 0 Å². The topological polar surface area (TPSA) is 40.6 Å². The van der Waals surface area contributed by atoms with Gasteiger partial charge in [-0.1, -0.05) is 61.9 Å². The Morgan fingerprint density at radius 1 is 0.926 bits per heavy atom. The van der Waals surface area contributed by atoms with Crippen LogP contribution in [0.5, 0.6) is 0 Å². The fourth-order valence-corrected chi connectivity index (χ4v) is 3.42. The second-order valence-corrected chi connectivity index (χ2v) is 7.37. The molecule has 4 nitrogen and oxygen atoms in total. The minimum Gasteiger partial charge on any atom is -0.345 e. The second kappa shape index (κ2) is 8.38. The molecule has 0 aromatic heterocycles. The van der Waals surface area contributed by atoms with Gasteiger partial charge in [-0.05, 0) is 37.0 Å². The van der Waals surface area contributed by atoms with Gasteiger partial charge in [-0.3, -0.25) is 9.59 Å². The van der Waals surface area contributed by atoms with Crippen molar-refractivity contribution in [2.45, 2.75) is 39.2 Å². The van der Waals surface area contributed by atoms with Gasteiger partial charge in [0.05, 0.1) is 6.54 Å². The van der Waals surface area contributed by atoms with E-state index in [1.54, 1.807) is 9.80 Å². The minimum absolute atomic E-state index is 0.0325. The fraction of sp³-hybridized carbons (Fsp3) is 0.391. The molecule has 27 heavy (non-hydrogen) atoms. The van der Waals surface area contributed by atoms with Crippen molar-refractivity contribution in [2.24, 2.45) is 5.41 Å². The van der Waals surface area contributed by atoms with Gasteiger partial charge in [-0.25, -0.2) is 0 Å². The second-order valence-electron chi connectivity index (χ2n) is 7.37. The highest BCUT2D eigenvalue weighted by Gasteiger charge is 2.59. The van der Waals surface area contributed by atoms with E-state index in [1.165, 1.54) is 0 Å². The molecule has 0 aliphatic heterocycles. The van der Waals surface area contributed by atoms with Crippen molar-refractivity contribution < 1.29 is 9.59 Å². The average Bonchev–Trinajstić information content (AvgIpc) is 3.52. The van der Waals surface area contributed by atoms with E-state index < -0.39 is 5.41 Å². The summed E-state index contributed by atoms with van der Waals surface area (Å²) in [6.45, 7) is 3.28. The normalized spacial score (nSPS) is 14.4. The van der Waals surface area contributed by atoms with E-state index in [0.717, 1.165) is 24.1 Å². The van der Waals surface area contributed by atoms with Crippen molar-refractivity contribution in [1.29, 1.82) is 0 Å². The van der Waals surface area contributed by atoms with Crippen molar-refractivity contribution in [1.82, 2.24) is 4.90 Å². The van der Waals surface area contributed by atoms with Gasteiger partial charge in [0.2, 0.25) is 11.8 Å². The molecule has 1 fully saturated rings. The molecule has 1 saturated carbocycles. The molecule has 0 spiro atoms. The molecule has 0 radical (unpaired) electrons. The first kappa shape index (κ1) is 19.2. The predicted molar refractivity (Wildman–Crippen MR) is 108 cm³/mol. The Balaban J connectivity index is 1.85. The molecule has 0 N–H and O–H groups in total. The lowest BCUT2D eigenvalue weighted by Crippen LogP contribution is -2.46. The first-order valence-electron chi connectivity index (χ1n) is 9.75. The number of carbonyl (C=O) groups excluding carboxylic acids is 2. The molecule has 0 saturated heterocycles. The summed E-state index contributed by atoms with van der Waals surface area (Å²) in [5, 5.41) is 0. The Bertz CT molecular complexity index is 769. The average molecular weight is 364 g/mol. The fourth-order valence-electron chi connectivity index (χ4n) is 3.42. The lowest BCUT2D eigenvalue weighted by molar-refractivity contribution is -0.142. The van der Waals surface area contributed by atoms with Gasteiger partial charge in [0.1, 0.15) is 5.41 Å². The summed E-state index contributed by atoms with van der Waals surface area (Å²) in [7, 11) is 1.81. The van der Waals surface area contributed by atoms with Gasteiger partial charge in [0.15, 0.2) is 0 Å². The van der Waals surface area contributed by atoms with Crippen LogP contribution in [0, 0.1) is 5.41 Å². The minimum atomic E-state index is -0.882. The number of para-hydroxylation sites is 1. The van der Waals surface area contributed by atoms with E-state index >= 15 is 0 Å². The highest BCUT2D eigenvalue weighted by Crippen LogP contribution is 2.49. The van der Waals surface area contributed by atoms with Gasteiger partial charge in [0.25, 0.3) is 0 Å². The standard InChI is InChI=1S/C23H28N2O2/c1-3-4-17-24(2)21(26)23(15-16-23)22(27)25(20-13-9-6-10-14-20)18-19-11-7-5-8-12-19/h5-14H,3-4,15-18H2,1-2H3. The Morgan fingerprint density at radius 2 is 1.52 bits per heavy atom. The molecule has 0 unspecified atom stereocenters. The maximum Gasteiger partial charge on any atom is 0.242 e. The van der Waals surface area contributed by atoms with Crippen LogP contribution in [0.4, 0.5) is 5.69 Å². The first-order valence-corrected chi connectivity index (χ1v) is 9.75. The van der Waals surface area contributed by atoms with E-state index in [0.29, 0.717) is 25.9 Å². The third kappa shape index (κ3) is 4.21. The SMILES string of the molecule is CCCCN(C)C(=O)C1(C(=O)N(Cc2ccccc2)c2ccccc2)CC1. The third-order valence-corrected chi connectivity index (χ3v) is 5.26. The zero-order chi connectivity index (χ0) is 19.3. The van der Waals surface area contributed by atoms with Crippen molar-refractivity contribution in [2.75, 3.05) is 18.5 Å². The highest BCUT2D eigenvalue weighted by molar-refractivity contribution is 6.13. The molecule has 142 valence electrons. The maximum atomic E-state index is 13.5. The summed E-state index contributed by atoms with van der Waals surface area (Å²) in [4.78, 5) is 30.1. The summed E-state index contributed by atoms with van der Waals surface area (Å²) in [6.07, 6.45) is 3.26. The van der Waals surface area contributed by atoms with Crippen LogP contribution in [-0.4, -0.2) is 30.3 Å². The van der Waals surface area contributed by atoms with Gasteiger partial charge in [-0.2, -0.15) is 0 Å². The molecule has 2 aromatic carbocycles. The van der Waals surface area contributed by atoms with Crippen LogP contribution in [0.15, 0.2) is 60.7 Å². The summed E-state index contributed by atoms with van der Waals surface area (Å²) in [5.74, 6) is -0.110. The first-order chi connectivity index (χ1) is 13.1. The number of carbonyl (C=O) groups is 2. The van der Waals surface area contributed by atoms with Crippen LogP contribution in [0.1, 0.15) is 38.2 Å². The Morgan fingerprint density at radius 3 is 2.07 bits per heavy atom. The third-order valence-electron chi connectivity index (χ3n) is 5.26. The van der Waals surface area contributed by atoms with Gasteiger partial charge in [0, 0.05) is 19.3 Å². The predicted octanol–water partition coefficient (Wildman–Crippen LogP) is 4.26. The van der Waals surface area contributed by atoms with Crippen LogP contribution in [0.25, 0.3) is 0 Å². The largest absolute Gasteiger partial charge is 0.345 e. The number of unbranched alkanes of at least 4 members (excludes halogenated alkanes) is 1. The van der Waals surface area contributed by atoms with E-state index in [-0.39, 0.29) is 11.8 Å². The quantitative estimate of drug-likeness (QED) is 0.657. The summed E-state index contributed by atoms with van der Waals surface area (Å²) >= 11 is 0. The number of anilines is 1. The number of benzene rings is 2. The number of rotatable bonds is 8. The monoisotopic (exact) mass is 364 g/mol. The smallest absolute Gasteiger partial charge is 0.242 e. The van der Waals surface area contributed by atoms with Crippen molar-refractivity contribution >= 4 is 17.5 Å². The Kier molecular flexibility index (Phi) is 5.94. The van der Waals surface area contributed by atoms with E-state index in [1.807, 2.05) is 67.7 Å². The van der Waals surface area contributed by atoms with E-state index in [4.69, 9.17) is 0 Å². The van der Waals surface area contributed by atoms with Crippen molar-refractivity contribution in [3.05, 3.63) is 66.2 Å². The molecule has 2 aromatic rings. The van der Waals surface area contributed by atoms with Crippen molar-refractivity contribution in [3.8, 4) is 0 Å².